The van der Waals surface area contributed by atoms with Crippen LogP contribution in [0.2, 0.25) is 0 Å². The van der Waals surface area contributed by atoms with Crippen LogP contribution < -0.4 is 4.74 Å². The van der Waals surface area contributed by atoms with E-state index in [1.165, 1.54) is 30.0 Å². The third kappa shape index (κ3) is 5.35. The minimum Gasteiger partial charge on any atom is -0.504 e. The standard InChI is InChI=1S/C25H23N3O4S/c1-2-32-20-11-9-19(10-12-20)28-24(14-17-6-4-3-5-7-17)26-27-25(28)33-16-23(31)18-8-13-21(29)22(30)15-18/h3-13,15,29-30H,2,14,16H2,1H3. The molecule has 0 radical (unpaired) electrons. The summed E-state index contributed by atoms with van der Waals surface area (Å²) in [6.07, 6.45) is 0.585. The van der Waals surface area contributed by atoms with Gasteiger partial charge >= 0.3 is 0 Å². The van der Waals surface area contributed by atoms with Crippen molar-refractivity contribution >= 4 is 17.5 Å². The summed E-state index contributed by atoms with van der Waals surface area (Å²) in [4.78, 5) is 12.7. The first-order valence-electron chi connectivity index (χ1n) is 10.4. The van der Waals surface area contributed by atoms with Crippen LogP contribution in [0.3, 0.4) is 0 Å². The number of hydrogen-bond donors (Lipinski definition) is 2. The highest BCUT2D eigenvalue weighted by atomic mass is 32.2. The molecule has 0 saturated carbocycles. The van der Waals surface area contributed by atoms with Gasteiger partial charge in [0.25, 0.3) is 0 Å². The number of nitrogens with zero attached hydrogens (tertiary/aromatic N) is 3. The molecule has 4 aromatic rings. The first-order valence-corrected chi connectivity index (χ1v) is 11.4. The lowest BCUT2D eigenvalue weighted by atomic mass is 10.1. The molecule has 0 bridgehead atoms. The predicted octanol–water partition coefficient (Wildman–Crippen LogP) is 4.64. The molecule has 0 aliphatic carbocycles. The highest BCUT2D eigenvalue weighted by molar-refractivity contribution is 7.99. The molecule has 168 valence electrons. The van der Waals surface area contributed by atoms with Gasteiger partial charge in [0.2, 0.25) is 0 Å². The first-order chi connectivity index (χ1) is 16.0. The topological polar surface area (TPSA) is 97.5 Å². The van der Waals surface area contributed by atoms with Gasteiger partial charge in [0.1, 0.15) is 11.6 Å². The van der Waals surface area contributed by atoms with E-state index >= 15 is 0 Å². The van der Waals surface area contributed by atoms with Crippen LogP contribution in [0.25, 0.3) is 5.69 Å². The second-order valence-electron chi connectivity index (χ2n) is 7.24. The number of phenolic OH excluding ortho intramolecular Hbond substituents is 2. The van der Waals surface area contributed by atoms with Crippen LogP contribution in [0.15, 0.2) is 78.0 Å². The Kier molecular flexibility index (Phi) is 6.95. The molecule has 3 aromatic carbocycles. The fourth-order valence-electron chi connectivity index (χ4n) is 3.31. The number of ketones is 1. The highest BCUT2D eigenvalue weighted by Gasteiger charge is 2.17. The number of ether oxygens (including phenoxy) is 1. The summed E-state index contributed by atoms with van der Waals surface area (Å²) in [6.45, 7) is 2.52. The van der Waals surface area contributed by atoms with Crippen LogP contribution in [-0.4, -0.2) is 43.1 Å². The van der Waals surface area contributed by atoms with E-state index in [2.05, 4.69) is 10.2 Å². The second kappa shape index (κ2) is 10.2. The predicted molar refractivity (Wildman–Crippen MR) is 127 cm³/mol. The lowest BCUT2D eigenvalue weighted by Crippen LogP contribution is -2.06. The van der Waals surface area contributed by atoms with E-state index in [0.717, 1.165) is 22.8 Å². The van der Waals surface area contributed by atoms with Gasteiger partial charge in [0.15, 0.2) is 22.4 Å². The van der Waals surface area contributed by atoms with Crippen LogP contribution in [0.1, 0.15) is 28.7 Å². The molecule has 7 nitrogen and oxygen atoms in total. The van der Waals surface area contributed by atoms with E-state index < -0.39 is 0 Å². The summed E-state index contributed by atoms with van der Waals surface area (Å²) < 4.78 is 7.49. The minimum atomic E-state index is -0.325. The number of thioether (sulfide) groups is 1. The number of benzene rings is 3. The van der Waals surface area contributed by atoms with Gasteiger partial charge in [0, 0.05) is 17.7 Å². The summed E-state index contributed by atoms with van der Waals surface area (Å²) in [5.41, 5.74) is 2.28. The Bertz CT molecular complexity index is 1240. The fraction of sp³-hybridized carbons (Fsp3) is 0.160. The molecule has 0 aliphatic rings. The van der Waals surface area contributed by atoms with Gasteiger partial charge in [-0.3, -0.25) is 9.36 Å². The number of Topliss-reactive ketones (excluding diaryl/α,β-unsaturated/α-hetero) is 1. The third-order valence-corrected chi connectivity index (χ3v) is 5.87. The average molecular weight is 462 g/mol. The molecule has 8 heteroatoms. The van der Waals surface area contributed by atoms with Crippen LogP contribution in [0, 0.1) is 0 Å². The van der Waals surface area contributed by atoms with E-state index in [-0.39, 0.29) is 23.0 Å². The summed E-state index contributed by atoms with van der Waals surface area (Å²) in [5, 5.41) is 28.5. The Hall–Kier alpha value is -3.78. The largest absolute Gasteiger partial charge is 0.504 e. The van der Waals surface area contributed by atoms with Gasteiger partial charge in [-0.25, -0.2) is 0 Å². The number of carbonyl (C=O) groups excluding carboxylic acids is 1. The van der Waals surface area contributed by atoms with Crippen LogP contribution in [0.4, 0.5) is 0 Å². The Balaban J connectivity index is 1.61. The van der Waals surface area contributed by atoms with Crippen molar-refractivity contribution in [2.24, 2.45) is 0 Å². The molecule has 0 spiro atoms. The third-order valence-electron chi connectivity index (χ3n) is 4.94. The Labute approximate surface area is 195 Å². The van der Waals surface area contributed by atoms with Crippen LogP contribution >= 0.6 is 11.8 Å². The molecule has 0 unspecified atom stereocenters. The SMILES string of the molecule is CCOc1ccc(-n2c(Cc3ccccc3)nnc2SCC(=O)c2ccc(O)c(O)c2)cc1. The number of aromatic nitrogens is 3. The summed E-state index contributed by atoms with van der Waals surface area (Å²) in [5.74, 6) is 0.845. The Morgan fingerprint density at radius 1 is 0.970 bits per heavy atom. The molecule has 2 N–H and O–H groups in total. The fourth-order valence-corrected chi connectivity index (χ4v) is 4.18. The zero-order valence-electron chi connectivity index (χ0n) is 18.0. The summed E-state index contributed by atoms with van der Waals surface area (Å²) >= 11 is 1.27. The minimum absolute atomic E-state index is 0.102. The average Bonchev–Trinajstić information content (AvgIpc) is 3.23. The van der Waals surface area contributed by atoms with E-state index in [0.29, 0.717) is 23.7 Å². The smallest absolute Gasteiger partial charge is 0.196 e. The van der Waals surface area contributed by atoms with Crippen molar-refractivity contribution < 1.29 is 19.7 Å². The number of hydrogen-bond acceptors (Lipinski definition) is 7. The summed E-state index contributed by atoms with van der Waals surface area (Å²) in [7, 11) is 0. The normalized spacial score (nSPS) is 10.8. The van der Waals surface area contributed by atoms with E-state index in [1.807, 2.05) is 66.1 Å². The molecule has 0 fully saturated rings. The van der Waals surface area contributed by atoms with Gasteiger partial charge in [-0.2, -0.15) is 0 Å². The zero-order chi connectivity index (χ0) is 23.2. The highest BCUT2D eigenvalue weighted by Crippen LogP contribution is 2.28. The maximum atomic E-state index is 12.7. The van der Waals surface area contributed by atoms with Crippen LogP contribution in [-0.2, 0) is 6.42 Å². The number of carbonyl (C=O) groups is 1. The molecule has 0 saturated heterocycles. The quantitative estimate of drug-likeness (QED) is 0.213. The van der Waals surface area contributed by atoms with Gasteiger partial charge < -0.3 is 14.9 Å². The van der Waals surface area contributed by atoms with Gasteiger partial charge in [-0.1, -0.05) is 42.1 Å². The Morgan fingerprint density at radius 3 is 2.42 bits per heavy atom. The van der Waals surface area contributed by atoms with E-state index in [1.54, 1.807) is 0 Å². The molecular formula is C25H23N3O4S. The molecule has 1 aromatic heterocycles. The lowest BCUT2D eigenvalue weighted by Gasteiger charge is -2.11. The van der Waals surface area contributed by atoms with Crippen molar-refractivity contribution in [3.63, 3.8) is 0 Å². The molecule has 0 atom stereocenters. The molecule has 1 heterocycles. The van der Waals surface area contributed by atoms with Crippen molar-refractivity contribution in [2.75, 3.05) is 12.4 Å². The van der Waals surface area contributed by atoms with Crippen LogP contribution in [0.5, 0.6) is 17.2 Å². The molecule has 0 aliphatic heterocycles. The van der Waals surface area contributed by atoms with Crippen molar-refractivity contribution in [1.29, 1.82) is 0 Å². The monoisotopic (exact) mass is 461 g/mol. The van der Waals surface area contributed by atoms with E-state index in [4.69, 9.17) is 4.74 Å². The maximum Gasteiger partial charge on any atom is 0.196 e. The Morgan fingerprint density at radius 2 is 1.73 bits per heavy atom. The van der Waals surface area contributed by atoms with E-state index in [9.17, 15) is 15.0 Å². The van der Waals surface area contributed by atoms with Crippen molar-refractivity contribution in [1.82, 2.24) is 14.8 Å². The number of phenols is 2. The van der Waals surface area contributed by atoms with Crippen molar-refractivity contribution in [2.45, 2.75) is 18.5 Å². The van der Waals surface area contributed by atoms with Crippen molar-refractivity contribution in [3.8, 4) is 22.9 Å². The van der Waals surface area contributed by atoms with Crippen molar-refractivity contribution in [3.05, 3.63) is 89.7 Å². The van der Waals surface area contributed by atoms with Gasteiger partial charge in [0.05, 0.1) is 12.4 Å². The maximum absolute atomic E-state index is 12.7. The first kappa shape index (κ1) is 22.4. The second-order valence-corrected chi connectivity index (χ2v) is 8.18. The molecule has 0 amide bonds. The number of rotatable bonds is 9. The lowest BCUT2D eigenvalue weighted by molar-refractivity contribution is 0.102. The molecule has 33 heavy (non-hydrogen) atoms. The number of aromatic hydroxyl groups is 2. The van der Waals surface area contributed by atoms with Gasteiger partial charge in [-0.15, -0.1) is 10.2 Å². The zero-order valence-corrected chi connectivity index (χ0v) is 18.8. The summed E-state index contributed by atoms with van der Waals surface area (Å²) in [6, 6.07) is 21.7. The van der Waals surface area contributed by atoms with Gasteiger partial charge in [-0.05, 0) is 55.0 Å². The molecule has 4 rings (SSSR count). The molecular weight excluding hydrogens is 438 g/mol.